The van der Waals surface area contributed by atoms with Gasteiger partial charge in [-0.2, -0.15) is 0 Å². The smallest absolute Gasteiger partial charge is 0.231 e. The lowest BCUT2D eigenvalue weighted by Gasteiger charge is -2.60. The maximum absolute atomic E-state index is 13.1. The highest BCUT2D eigenvalue weighted by Gasteiger charge is 2.68. The minimum Gasteiger partial charge on any atom is -0.369 e. The molecule has 1 unspecified atom stereocenters. The van der Waals surface area contributed by atoms with Crippen molar-refractivity contribution in [2.75, 3.05) is 7.05 Å². The van der Waals surface area contributed by atoms with Gasteiger partial charge in [-0.1, -0.05) is 19.4 Å². The van der Waals surface area contributed by atoms with Gasteiger partial charge in [-0.3, -0.25) is 9.59 Å². The quantitative estimate of drug-likeness (QED) is 0.731. The molecule has 0 spiro atoms. The molecule has 168 valence electrons. The number of aryl methyl sites for hydroxylation is 1. The molecule has 2 N–H and O–H groups in total. The lowest BCUT2D eigenvalue weighted by atomic mass is 9.46. The Morgan fingerprint density at radius 2 is 1.90 bits per heavy atom. The lowest BCUT2D eigenvalue weighted by molar-refractivity contribution is -0.139. The third kappa shape index (κ3) is 2.51. The van der Waals surface area contributed by atoms with Gasteiger partial charge in [0.05, 0.1) is 0 Å². The van der Waals surface area contributed by atoms with Crippen LogP contribution in [0.15, 0.2) is 16.7 Å². The van der Waals surface area contributed by atoms with E-state index in [1.54, 1.807) is 11.3 Å². The summed E-state index contributed by atoms with van der Waals surface area (Å²) in [5.74, 6) is 1.61. The van der Waals surface area contributed by atoms with Crippen LogP contribution in [0.3, 0.4) is 0 Å². The van der Waals surface area contributed by atoms with Crippen LogP contribution < -0.4 is 5.73 Å². The number of thiazole rings is 1. The van der Waals surface area contributed by atoms with Crippen LogP contribution in [0, 0.1) is 35.5 Å². The average molecular weight is 442 g/mol. The number of amides is 2. The van der Waals surface area contributed by atoms with E-state index in [0.29, 0.717) is 24.2 Å². The zero-order valence-electron chi connectivity index (χ0n) is 19.5. The minimum atomic E-state index is -0.653. The number of hydrogen-bond acceptors (Lipinski definition) is 4. The number of rotatable bonds is 2. The number of fused-ring (bicyclic) bond motifs is 5. The molecule has 0 aromatic carbocycles. The van der Waals surface area contributed by atoms with E-state index in [0.717, 1.165) is 49.2 Å². The highest BCUT2D eigenvalue weighted by Crippen LogP contribution is 2.70. The van der Waals surface area contributed by atoms with E-state index < -0.39 is 5.41 Å². The molecule has 2 heterocycles. The fourth-order valence-electron chi connectivity index (χ4n) is 8.56. The molecule has 1 aromatic rings. The molecule has 1 saturated heterocycles. The van der Waals surface area contributed by atoms with Crippen LogP contribution in [-0.2, 0) is 15.0 Å². The normalized spacial score (nSPS) is 42.3. The number of piperidine rings is 1. The molecule has 1 aromatic heterocycles. The Kier molecular flexibility index (Phi) is 4.55. The summed E-state index contributed by atoms with van der Waals surface area (Å²) in [6.45, 7) is 8.95. The fraction of sp³-hybridized carbons (Fsp3) is 0.720. The Morgan fingerprint density at radius 3 is 2.55 bits per heavy atom. The molecular weight excluding hydrogens is 406 g/mol. The number of nitrogens with zero attached hydrogens (tertiary/aromatic N) is 2. The first-order chi connectivity index (χ1) is 14.6. The van der Waals surface area contributed by atoms with Crippen LogP contribution in [0.2, 0.25) is 0 Å². The largest absolute Gasteiger partial charge is 0.369 e. The Bertz CT molecular complexity index is 999. The van der Waals surface area contributed by atoms with Crippen LogP contribution in [0.4, 0.5) is 0 Å². The topological polar surface area (TPSA) is 76.3 Å². The summed E-state index contributed by atoms with van der Waals surface area (Å²) in [4.78, 5) is 32.4. The predicted octanol–water partition coefficient (Wildman–Crippen LogP) is 4.55. The first-order valence-electron chi connectivity index (χ1n) is 11.8. The summed E-state index contributed by atoms with van der Waals surface area (Å²) in [6, 6.07) is 0. The molecule has 2 saturated carbocycles. The molecule has 31 heavy (non-hydrogen) atoms. The van der Waals surface area contributed by atoms with Gasteiger partial charge in [0.2, 0.25) is 11.8 Å². The number of carbonyl (C=O) groups is 2. The summed E-state index contributed by atoms with van der Waals surface area (Å²) in [5.41, 5.74) is 9.06. The maximum Gasteiger partial charge on any atom is 0.231 e. The van der Waals surface area contributed by atoms with Gasteiger partial charge in [0.15, 0.2) is 0 Å². The molecule has 4 aliphatic rings. The van der Waals surface area contributed by atoms with Crippen molar-refractivity contribution in [3.05, 3.63) is 27.4 Å². The molecule has 2 amide bonds. The summed E-state index contributed by atoms with van der Waals surface area (Å²) < 4.78 is 0. The minimum absolute atomic E-state index is 0.0483. The maximum atomic E-state index is 13.1. The molecule has 1 aliphatic heterocycles. The second-order valence-corrected chi connectivity index (χ2v) is 12.0. The monoisotopic (exact) mass is 441 g/mol. The predicted molar refractivity (Wildman–Crippen MR) is 122 cm³/mol. The summed E-state index contributed by atoms with van der Waals surface area (Å²) in [7, 11) is 1.96. The first kappa shape index (κ1) is 21.2. The molecule has 3 fully saturated rings. The average Bonchev–Trinajstić information content (AvgIpc) is 3.26. The van der Waals surface area contributed by atoms with Gasteiger partial charge in [-0.15, -0.1) is 11.3 Å². The molecule has 0 radical (unpaired) electrons. The second-order valence-electron chi connectivity index (χ2n) is 11.1. The van der Waals surface area contributed by atoms with Crippen molar-refractivity contribution in [2.45, 2.75) is 78.1 Å². The van der Waals surface area contributed by atoms with Crippen molar-refractivity contribution >= 4 is 23.2 Å². The summed E-state index contributed by atoms with van der Waals surface area (Å²) in [5, 5.41) is 2.98. The molecule has 0 bridgehead atoms. The number of aromatic nitrogens is 1. The van der Waals surface area contributed by atoms with Gasteiger partial charge in [-0.25, -0.2) is 4.98 Å². The Hall–Kier alpha value is -1.69. The third-order valence-corrected chi connectivity index (χ3v) is 11.0. The van der Waals surface area contributed by atoms with Gasteiger partial charge in [0, 0.05) is 35.7 Å². The van der Waals surface area contributed by atoms with Crippen LogP contribution in [-0.4, -0.2) is 28.7 Å². The number of nitrogens with two attached hydrogens (primary N) is 1. The molecule has 6 atom stereocenters. The fourth-order valence-corrected chi connectivity index (χ4v) is 9.73. The van der Waals surface area contributed by atoms with Crippen molar-refractivity contribution in [1.82, 2.24) is 9.88 Å². The summed E-state index contributed by atoms with van der Waals surface area (Å²) >= 11 is 1.61. The lowest BCUT2D eigenvalue weighted by Crippen LogP contribution is -2.58. The van der Waals surface area contributed by atoms with Crippen LogP contribution >= 0.6 is 11.3 Å². The Morgan fingerprint density at radius 1 is 1.19 bits per heavy atom. The van der Waals surface area contributed by atoms with Gasteiger partial charge >= 0.3 is 0 Å². The van der Waals surface area contributed by atoms with Gasteiger partial charge in [-0.05, 0) is 75.5 Å². The zero-order valence-corrected chi connectivity index (χ0v) is 20.3. The Balaban J connectivity index is 1.59. The van der Waals surface area contributed by atoms with Crippen molar-refractivity contribution < 1.29 is 9.59 Å². The van der Waals surface area contributed by atoms with E-state index in [1.807, 2.05) is 18.9 Å². The summed E-state index contributed by atoms with van der Waals surface area (Å²) in [6.07, 6.45) is 6.54. The first-order valence-corrected chi connectivity index (χ1v) is 12.6. The number of carbonyl (C=O) groups excluding carboxylic acids is 2. The van der Waals surface area contributed by atoms with Crippen molar-refractivity contribution in [3.63, 3.8) is 0 Å². The van der Waals surface area contributed by atoms with E-state index in [-0.39, 0.29) is 22.6 Å². The van der Waals surface area contributed by atoms with Gasteiger partial charge in [0.25, 0.3) is 0 Å². The van der Waals surface area contributed by atoms with E-state index in [1.165, 1.54) is 11.3 Å². The molecular formula is C25H35N3O2S. The van der Waals surface area contributed by atoms with Crippen LogP contribution in [0.25, 0.3) is 0 Å². The van der Waals surface area contributed by atoms with Gasteiger partial charge in [0.1, 0.15) is 10.4 Å². The van der Waals surface area contributed by atoms with E-state index in [2.05, 4.69) is 26.2 Å². The molecule has 3 aliphatic carbocycles. The van der Waals surface area contributed by atoms with Crippen LogP contribution in [0.5, 0.6) is 0 Å². The Labute approximate surface area is 189 Å². The number of hydrogen-bond donors (Lipinski definition) is 1. The second kappa shape index (κ2) is 6.66. The van der Waals surface area contributed by atoms with Gasteiger partial charge < -0.3 is 10.6 Å². The van der Waals surface area contributed by atoms with Crippen molar-refractivity contribution in [2.24, 2.45) is 34.3 Å². The number of primary amides is 1. The number of allylic oxidation sites excluding steroid dienone is 2. The van der Waals surface area contributed by atoms with Crippen LogP contribution in [0.1, 0.15) is 76.4 Å². The van der Waals surface area contributed by atoms with Crippen molar-refractivity contribution in [3.8, 4) is 0 Å². The van der Waals surface area contributed by atoms with Crippen molar-refractivity contribution in [1.29, 1.82) is 0 Å². The highest BCUT2D eigenvalue weighted by molar-refractivity contribution is 7.10. The SMILES string of the molecule is CC1=C2N(C)C(=O)CC[C@]2(C)[C@@H]2CC[C@@]3(C)[C@@H](CCC3(C(N)=O)c3nc(C)cs3)[C@@H]2C1. The third-order valence-electron chi connectivity index (χ3n) is 9.91. The van der Waals surface area contributed by atoms with E-state index in [4.69, 9.17) is 10.7 Å². The van der Waals surface area contributed by atoms with E-state index in [9.17, 15) is 9.59 Å². The molecule has 6 heteroatoms. The highest BCUT2D eigenvalue weighted by atomic mass is 32.1. The standard InChI is InChI=1S/C25H35N3O2S/c1-14-12-16-17(23(3)9-8-19(29)28(5)20(14)23)6-10-24(4)18(16)7-11-25(24,21(26)30)22-27-15(2)13-31-22/h13,16-18H,6-12H2,1-5H3,(H2,26,30)/t16-,17-,18+,23-,24+,25?/m1/s1. The van der Waals surface area contributed by atoms with E-state index >= 15 is 0 Å². The number of likely N-dealkylation sites (tertiary alicyclic amines) is 1. The zero-order chi connectivity index (χ0) is 22.3. The molecule has 5 rings (SSSR count). The molecule has 5 nitrogen and oxygen atoms in total.